The van der Waals surface area contributed by atoms with Gasteiger partial charge in [0, 0.05) is 18.3 Å². The topological polar surface area (TPSA) is 62.7 Å². The van der Waals surface area contributed by atoms with Gasteiger partial charge in [-0.25, -0.2) is 9.18 Å². The van der Waals surface area contributed by atoms with Crippen molar-refractivity contribution < 1.29 is 18.7 Å². The second kappa shape index (κ2) is 6.11. The minimum atomic E-state index is -2.24. The molecule has 0 aromatic carbocycles. The van der Waals surface area contributed by atoms with Crippen LogP contribution in [0.5, 0.6) is 5.75 Å². The van der Waals surface area contributed by atoms with Crippen molar-refractivity contribution in [3.8, 4) is 5.75 Å². The van der Waals surface area contributed by atoms with Crippen LogP contribution >= 0.6 is 0 Å². The van der Waals surface area contributed by atoms with Crippen molar-refractivity contribution >= 4 is 14.4 Å². The van der Waals surface area contributed by atoms with Crippen LogP contribution in [0.3, 0.4) is 0 Å². The van der Waals surface area contributed by atoms with Gasteiger partial charge in [-0.3, -0.25) is 4.98 Å². The Bertz CT molecular complexity index is 601. The third-order valence-corrected chi connectivity index (χ3v) is 9.23. The van der Waals surface area contributed by atoms with Gasteiger partial charge in [0.15, 0.2) is 5.82 Å². The molecule has 1 atom stereocenters. The first-order valence-corrected chi connectivity index (χ1v) is 10.8. The Labute approximate surface area is 137 Å². The normalized spacial score (nSPS) is 19.0. The molecule has 1 saturated heterocycles. The molecule has 1 aliphatic rings. The molecular weight excluding hydrogens is 315 g/mol. The van der Waals surface area contributed by atoms with E-state index >= 15 is 0 Å². The molecular formula is C16H25FN2O3Si. The molecule has 1 aromatic rings. The van der Waals surface area contributed by atoms with E-state index in [1.807, 2.05) is 13.1 Å². The first-order chi connectivity index (χ1) is 10.5. The van der Waals surface area contributed by atoms with Crippen LogP contribution in [0.15, 0.2) is 12.4 Å². The van der Waals surface area contributed by atoms with E-state index in [-0.39, 0.29) is 10.8 Å². The predicted molar refractivity (Wildman–Crippen MR) is 88.7 cm³/mol. The highest BCUT2D eigenvalue weighted by Crippen LogP contribution is 2.42. The highest BCUT2D eigenvalue weighted by atomic mass is 28.4. The smallest absolute Gasteiger partial charge is 0.407 e. The van der Waals surface area contributed by atoms with E-state index in [1.165, 1.54) is 11.1 Å². The zero-order valence-corrected chi connectivity index (χ0v) is 15.4. The molecule has 128 valence electrons. The van der Waals surface area contributed by atoms with Crippen molar-refractivity contribution in [2.75, 3.05) is 6.54 Å². The van der Waals surface area contributed by atoms with Gasteiger partial charge < -0.3 is 14.4 Å². The summed E-state index contributed by atoms with van der Waals surface area (Å²) in [5.74, 6) is -0.352. The molecule has 1 N–H and O–H groups in total. The molecule has 1 aliphatic heterocycles. The molecule has 0 radical (unpaired) electrons. The number of likely N-dealkylation sites (tertiary alicyclic amines) is 1. The molecule has 1 amide bonds. The molecule has 1 unspecified atom stereocenters. The average Bonchev–Trinajstić information content (AvgIpc) is 2.88. The van der Waals surface area contributed by atoms with Gasteiger partial charge in [0.1, 0.15) is 5.75 Å². The number of hydrogen-bond donors (Lipinski definition) is 1. The number of aromatic nitrogens is 1. The first-order valence-electron chi connectivity index (χ1n) is 7.86. The average molecular weight is 340 g/mol. The Morgan fingerprint density at radius 3 is 2.65 bits per heavy atom. The van der Waals surface area contributed by atoms with Crippen molar-refractivity contribution in [1.82, 2.24) is 9.88 Å². The summed E-state index contributed by atoms with van der Waals surface area (Å²) in [6.45, 7) is 10.8. The van der Waals surface area contributed by atoms with Gasteiger partial charge in [0.05, 0.1) is 12.2 Å². The monoisotopic (exact) mass is 340 g/mol. The second-order valence-corrected chi connectivity index (χ2v) is 12.3. The summed E-state index contributed by atoms with van der Waals surface area (Å²) in [6, 6.07) is -0.393. The third kappa shape index (κ3) is 3.49. The first kappa shape index (κ1) is 17.7. The highest BCUT2D eigenvalue weighted by molar-refractivity contribution is 6.74. The summed E-state index contributed by atoms with van der Waals surface area (Å²) in [5.41, 5.74) is 0.537. The van der Waals surface area contributed by atoms with Gasteiger partial charge in [0.25, 0.3) is 8.32 Å². The maximum atomic E-state index is 14.4. The van der Waals surface area contributed by atoms with E-state index in [1.54, 1.807) is 0 Å². The van der Waals surface area contributed by atoms with Crippen LogP contribution < -0.4 is 4.43 Å². The van der Waals surface area contributed by atoms with Crippen LogP contribution in [0, 0.1) is 5.82 Å². The van der Waals surface area contributed by atoms with E-state index in [0.717, 1.165) is 12.6 Å². The van der Waals surface area contributed by atoms with E-state index < -0.39 is 26.3 Å². The number of halogens is 1. The molecule has 0 aliphatic carbocycles. The SMILES string of the molecule is CC(C)(C)[Si](C)(C)Oc1c(F)cncc1C1CCCN1C(=O)O. The van der Waals surface area contributed by atoms with Gasteiger partial charge in [-0.15, -0.1) is 0 Å². The molecule has 23 heavy (non-hydrogen) atoms. The number of carbonyl (C=O) groups is 1. The highest BCUT2D eigenvalue weighted by Gasteiger charge is 2.41. The Balaban J connectivity index is 2.43. The van der Waals surface area contributed by atoms with Crippen LogP contribution in [-0.4, -0.2) is 35.9 Å². The molecule has 7 heteroatoms. The van der Waals surface area contributed by atoms with Crippen LogP contribution in [-0.2, 0) is 0 Å². The Kier molecular flexibility index (Phi) is 4.70. The lowest BCUT2D eigenvalue weighted by atomic mass is 10.1. The number of pyridine rings is 1. The van der Waals surface area contributed by atoms with Crippen molar-refractivity contribution in [2.24, 2.45) is 0 Å². The van der Waals surface area contributed by atoms with Crippen molar-refractivity contribution in [1.29, 1.82) is 0 Å². The molecule has 5 nitrogen and oxygen atoms in total. The van der Waals surface area contributed by atoms with E-state index in [2.05, 4.69) is 25.8 Å². The Hall–Kier alpha value is -1.63. The molecule has 0 saturated carbocycles. The van der Waals surface area contributed by atoms with Crippen molar-refractivity contribution in [3.63, 3.8) is 0 Å². The van der Waals surface area contributed by atoms with E-state index in [4.69, 9.17) is 4.43 Å². The lowest BCUT2D eigenvalue weighted by Gasteiger charge is -2.37. The number of rotatable bonds is 3. The van der Waals surface area contributed by atoms with Gasteiger partial charge in [-0.05, 0) is 31.0 Å². The Morgan fingerprint density at radius 1 is 1.43 bits per heavy atom. The Morgan fingerprint density at radius 2 is 2.09 bits per heavy atom. The summed E-state index contributed by atoms with van der Waals surface area (Å²) in [6.07, 6.45) is 3.09. The zero-order chi connectivity index (χ0) is 17.4. The lowest BCUT2D eigenvalue weighted by Crippen LogP contribution is -2.44. The summed E-state index contributed by atoms with van der Waals surface area (Å²) < 4.78 is 20.6. The second-order valence-electron chi connectivity index (χ2n) is 7.54. The number of hydrogen-bond acceptors (Lipinski definition) is 3. The predicted octanol–water partition coefficient (Wildman–Crippen LogP) is 4.42. The van der Waals surface area contributed by atoms with Crippen LogP contribution in [0.4, 0.5) is 9.18 Å². The zero-order valence-electron chi connectivity index (χ0n) is 14.4. The van der Waals surface area contributed by atoms with E-state index in [0.29, 0.717) is 18.5 Å². The number of nitrogens with zero attached hydrogens (tertiary/aromatic N) is 2. The summed E-state index contributed by atoms with van der Waals surface area (Å²) in [4.78, 5) is 16.7. The molecule has 1 aromatic heterocycles. The van der Waals surface area contributed by atoms with Gasteiger partial charge in [0.2, 0.25) is 0 Å². The van der Waals surface area contributed by atoms with Crippen LogP contribution in [0.1, 0.15) is 45.2 Å². The van der Waals surface area contributed by atoms with Crippen molar-refractivity contribution in [3.05, 3.63) is 23.8 Å². The maximum absolute atomic E-state index is 14.4. The minimum absolute atomic E-state index is 0.0812. The van der Waals surface area contributed by atoms with Gasteiger partial charge >= 0.3 is 6.09 Å². The molecule has 2 heterocycles. The molecule has 1 fully saturated rings. The third-order valence-electron chi connectivity index (χ3n) is 4.90. The fourth-order valence-electron chi connectivity index (χ4n) is 2.51. The lowest BCUT2D eigenvalue weighted by molar-refractivity contribution is 0.140. The molecule has 2 rings (SSSR count). The summed E-state index contributed by atoms with van der Waals surface area (Å²) in [7, 11) is -2.24. The van der Waals surface area contributed by atoms with Gasteiger partial charge in [-0.2, -0.15) is 0 Å². The molecule has 0 bridgehead atoms. The standard InChI is InChI=1S/C16H25FN2O3Si/c1-16(2,3)23(4,5)22-14-11(9-18-10-12(14)17)13-7-6-8-19(13)15(20)21/h9-10,13H,6-8H2,1-5H3,(H,20,21). The minimum Gasteiger partial charge on any atom is -0.541 e. The summed E-state index contributed by atoms with van der Waals surface area (Å²) in [5, 5.41) is 9.27. The number of carboxylic acid groups (broad SMARTS) is 1. The molecule has 0 spiro atoms. The van der Waals surface area contributed by atoms with Crippen LogP contribution in [0.25, 0.3) is 0 Å². The quantitative estimate of drug-likeness (QED) is 0.827. The van der Waals surface area contributed by atoms with Crippen molar-refractivity contribution in [2.45, 2.75) is 57.8 Å². The maximum Gasteiger partial charge on any atom is 0.407 e. The number of amides is 1. The van der Waals surface area contributed by atoms with Gasteiger partial charge in [-0.1, -0.05) is 20.8 Å². The summed E-state index contributed by atoms with van der Waals surface area (Å²) >= 11 is 0. The van der Waals surface area contributed by atoms with E-state index in [9.17, 15) is 14.3 Å². The largest absolute Gasteiger partial charge is 0.541 e. The fourth-order valence-corrected chi connectivity index (χ4v) is 3.54. The fraction of sp³-hybridized carbons (Fsp3) is 0.625. The van der Waals surface area contributed by atoms with Crippen LogP contribution in [0.2, 0.25) is 18.1 Å².